The van der Waals surface area contributed by atoms with Crippen LogP contribution in [-0.4, -0.2) is 27.3 Å². The van der Waals surface area contributed by atoms with Crippen molar-refractivity contribution in [1.82, 2.24) is 20.3 Å². The Hall–Kier alpha value is -3.77. The number of amidine groups is 1. The number of pyridine rings is 1. The van der Waals surface area contributed by atoms with Crippen molar-refractivity contribution < 1.29 is 0 Å². The van der Waals surface area contributed by atoms with Gasteiger partial charge in [0.15, 0.2) is 0 Å². The number of imidazole rings is 1. The number of rotatable bonds is 4. The highest BCUT2D eigenvalue weighted by atomic mass is 32.1. The van der Waals surface area contributed by atoms with Gasteiger partial charge in [0.25, 0.3) is 0 Å². The van der Waals surface area contributed by atoms with Crippen LogP contribution in [0, 0.1) is 0 Å². The predicted molar refractivity (Wildman–Crippen MR) is 152 cm³/mol. The molecule has 0 saturated carbocycles. The van der Waals surface area contributed by atoms with Gasteiger partial charge < -0.3 is 10.3 Å². The number of nitrogens with zero attached hydrogens (tertiary/aromatic N) is 3. The van der Waals surface area contributed by atoms with Crippen LogP contribution in [0.1, 0.15) is 50.5 Å². The SMILES string of the molecule is CCC(C)c1nc2c3cccnc3c3cc(-c4cc5ccc(C6CN=C(C)N6)cc5s4)ccc3c2[nH]1. The molecule has 7 rings (SSSR count). The van der Waals surface area contributed by atoms with E-state index in [-0.39, 0.29) is 6.04 Å². The lowest BCUT2D eigenvalue weighted by atomic mass is 10.0. The number of hydrogen-bond donors (Lipinski definition) is 2. The van der Waals surface area contributed by atoms with Crippen LogP contribution in [0.3, 0.4) is 0 Å². The molecule has 2 atom stereocenters. The van der Waals surface area contributed by atoms with Crippen molar-refractivity contribution in [3.63, 3.8) is 0 Å². The number of H-pyrrole nitrogens is 1. The molecule has 0 aliphatic carbocycles. The first kappa shape index (κ1) is 21.5. The quantitative estimate of drug-likeness (QED) is 0.249. The molecule has 4 heterocycles. The van der Waals surface area contributed by atoms with Crippen LogP contribution in [0.15, 0.2) is 65.8 Å². The summed E-state index contributed by atoms with van der Waals surface area (Å²) in [6, 6.07) is 20.3. The summed E-state index contributed by atoms with van der Waals surface area (Å²) in [5.74, 6) is 2.45. The maximum atomic E-state index is 5.01. The Morgan fingerprint density at radius 3 is 2.78 bits per heavy atom. The zero-order chi connectivity index (χ0) is 24.4. The van der Waals surface area contributed by atoms with E-state index >= 15 is 0 Å². The molecule has 2 unspecified atom stereocenters. The Morgan fingerprint density at radius 1 is 1.03 bits per heavy atom. The van der Waals surface area contributed by atoms with Gasteiger partial charge in [-0.15, -0.1) is 11.3 Å². The lowest BCUT2D eigenvalue weighted by Gasteiger charge is -2.10. The minimum atomic E-state index is 0.273. The summed E-state index contributed by atoms with van der Waals surface area (Å²) in [7, 11) is 0. The Morgan fingerprint density at radius 2 is 1.94 bits per heavy atom. The third kappa shape index (κ3) is 3.32. The molecule has 0 spiro atoms. The second-order valence-corrected chi connectivity index (χ2v) is 10.9. The number of aromatic nitrogens is 3. The van der Waals surface area contributed by atoms with Gasteiger partial charge in [-0.3, -0.25) is 9.98 Å². The molecular formula is C30H27N5S. The Labute approximate surface area is 213 Å². The van der Waals surface area contributed by atoms with Crippen LogP contribution in [0.25, 0.3) is 53.2 Å². The molecule has 3 aromatic carbocycles. The summed E-state index contributed by atoms with van der Waals surface area (Å²) < 4.78 is 1.30. The zero-order valence-electron chi connectivity index (χ0n) is 20.6. The zero-order valence-corrected chi connectivity index (χ0v) is 21.4. The maximum absolute atomic E-state index is 5.01. The van der Waals surface area contributed by atoms with E-state index in [1.54, 1.807) is 0 Å². The van der Waals surface area contributed by atoms with Gasteiger partial charge in [-0.1, -0.05) is 38.1 Å². The van der Waals surface area contributed by atoms with Gasteiger partial charge in [0.2, 0.25) is 0 Å². The lowest BCUT2D eigenvalue weighted by Crippen LogP contribution is -2.20. The average molecular weight is 490 g/mol. The van der Waals surface area contributed by atoms with Crippen LogP contribution in [0.2, 0.25) is 0 Å². The Kier molecular flexibility index (Phi) is 4.86. The molecule has 36 heavy (non-hydrogen) atoms. The minimum Gasteiger partial charge on any atom is -0.365 e. The summed E-state index contributed by atoms with van der Waals surface area (Å²) >= 11 is 1.85. The molecule has 1 aliphatic heterocycles. The third-order valence-corrected chi connectivity index (χ3v) is 8.68. The monoisotopic (exact) mass is 489 g/mol. The normalized spacial score (nSPS) is 16.8. The predicted octanol–water partition coefficient (Wildman–Crippen LogP) is 7.72. The van der Waals surface area contributed by atoms with Gasteiger partial charge in [-0.25, -0.2) is 4.98 Å². The van der Waals surface area contributed by atoms with E-state index in [0.29, 0.717) is 5.92 Å². The van der Waals surface area contributed by atoms with Crippen molar-refractivity contribution in [2.24, 2.45) is 4.99 Å². The fourth-order valence-corrected chi connectivity index (χ4v) is 6.41. The average Bonchev–Trinajstić information content (AvgIpc) is 3.65. The van der Waals surface area contributed by atoms with E-state index in [9.17, 15) is 0 Å². The summed E-state index contributed by atoms with van der Waals surface area (Å²) in [5.41, 5.74) is 5.65. The molecule has 0 bridgehead atoms. The molecule has 3 aromatic heterocycles. The summed E-state index contributed by atoms with van der Waals surface area (Å²) in [6.45, 7) is 7.26. The van der Waals surface area contributed by atoms with E-state index in [2.05, 4.69) is 77.7 Å². The highest BCUT2D eigenvalue weighted by Gasteiger charge is 2.19. The molecule has 0 saturated heterocycles. The molecule has 0 amide bonds. The van der Waals surface area contributed by atoms with Gasteiger partial charge in [0.05, 0.1) is 35.0 Å². The van der Waals surface area contributed by atoms with Crippen LogP contribution in [0.5, 0.6) is 0 Å². The van der Waals surface area contributed by atoms with Crippen molar-refractivity contribution in [2.75, 3.05) is 6.54 Å². The minimum absolute atomic E-state index is 0.273. The van der Waals surface area contributed by atoms with Crippen LogP contribution < -0.4 is 5.32 Å². The van der Waals surface area contributed by atoms with Gasteiger partial charge >= 0.3 is 0 Å². The first-order valence-corrected chi connectivity index (χ1v) is 13.4. The van der Waals surface area contributed by atoms with Crippen LogP contribution >= 0.6 is 11.3 Å². The highest BCUT2D eigenvalue weighted by Crippen LogP contribution is 2.39. The number of hydrogen-bond acceptors (Lipinski definition) is 5. The second-order valence-electron chi connectivity index (χ2n) is 9.85. The van der Waals surface area contributed by atoms with Crippen LogP contribution in [0.4, 0.5) is 0 Å². The number of aromatic amines is 1. The fourth-order valence-electron chi connectivity index (χ4n) is 5.30. The third-order valence-electron chi connectivity index (χ3n) is 7.53. The second kappa shape index (κ2) is 8.14. The van der Waals surface area contributed by atoms with E-state index in [1.165, 1.54) is 31.5 Å². The first-order chi connectivity index (χ1) is 17.6. The van der Waals surface area contributed by atoms with Crippen molar-refractivity contribution in [2.45, 2.75) is 39.2 Å². The smallest absolute Gasteiger partial charge is 0.110 e. The molecule has 6 aromatic rings. The van der Waals surface area contributed by atoms with Crippen LogP contribution in [-0.2, 0) is 0 Å². The summed E-state index contributed by atoms with van der Waals surface area (Å²) in [5, 5.41) is 8.19. The van der Waals surface area contributed by atoms with E-state index in [1.807, 2.05) is 30.5 Å². The molecule has 1 aliphatic rings. The summed E-state index contributed by atoms with van der Waals surface area (Å²) in [4.78, 5) is 19.2. The largest absolute Gasteiger partial charge is 0.365 e. The summed E-state index contributed by atoms with van der Waals surface area (Å²) in [6.07, 6.45) is 2.93. The number of nitrogens with one attached hydrogen (secondary N) is 2. The van der Waals surface area contributed by atoms with Gasteiger partial charge in [-0.05, 0) is 60.2 Å². The lowest BCUT2D eigenvalue weighted by molar-refractivity contribution is 0.692. The first-order valence-electron chi connectivity index (χ1n) is 12.6. The fraction of sp³-hybridized carbons (Fsp3) is 0.233. The molecule has 178 valence electrons. The Bertz CT molecular complexity index is 1830. The Balaban J connectivity index is 1.38. The van der Waals surface area contributed by atoms with Crippen molar-refractivity contribution in [3.05, 3.63) is 72.2 Å². The number of fused-ring (bicyclic) bond motifs is 7. The molecule has 6 heteroatoms. The number of aliphatic imine (C=N–C) groups is 1. The molecule has 0 radical (unpaired) electrons. The van der Waals surface area contributed by atoms with Crippen molar-refractivity contribution >= 4 is 60.0 Å². The number of benzene rings is 3. The highest BCUT2D eigenvalue weighted by molar-refractivity contribution is 7.22. The van der Waals surface area contributed by atoms with E-state index in [4.69, 9.17) is 9.97 Å². The van der Waals surface area contributed by atoms with Crippen molar-refractivity contribution in [1.29, 1.82) is 0 Å². The number of thiophene rings is 1. The molecule has 2 N–H and O–H groups in total. The van der Waals surface area contributed by atoms with Gasteiger partial charge in [-0.2, -0.15) is 0 Å². The molecular weight excluding hydrogens is 462 g/mol. The topological polar surface area (TPSA) is 66.0 Å². The van der Waals surface area contributed by atoms with E-state index in [0.717, 1.165) is 51.9 Å². The standard InChI is InChI=1S/C30H27N5S/c1-4-16(2)30-34-28-21-10-9-19(12-23(21)27-22(29(28)35-30)6-5-11-31-27)26-14-20-8-7-18(13-25(20)36-26)24-15-32-17(3)33-24/h5-14,16,24H,4,15H2,1-3H3,(H,32,33)(H,34,35). The van der Waals surface area contributed by atoms with Gasteiger partial charge in [0.1, 0.15) is 5.82 Å². The molecule has 5 nitrogen and oxygen atoms in total. The maximum Gasteiger partial charge on any atom is 0.110 e. The van der Waals surface area contributed by atoms with Crippen molar-refractivity contribution in [3.8, 4) is 10.4 Å². The van der Waals surface area contributed by atoms with E-state index < -0.39 is 0 Å². The molecule has 0 fully saturated rings. The van der Waals surface area contributed by atoms with Gasteiger partial charge in [0, 0.05) is 37.9 Å².